The monoisotopic (exact) mass is 470 g/mol. The molecule has 6 nitrogen and oxygen atoms in total. The van der Waals surface area contributed by atoms with Crippen LogP contribution in [0, 0.1) is 16.7 Å². The van der Waals surface area contributed by atoms with Crippen molar-refractivity contribution in [2.45, 2.75) is 32.6 Å². The summed E-state index contributed by atoms with van der Waals surface area (Å²) >= 11 is 6.13. The minimum absolute atomic E-state index is 0.0336. The Hall–Kier alpha value is -3.82. The van der Waals surface area contributed by atoms with Crippen LogP contribution in [-0.4, -0.2) is 15.6 Å². The second kappa shape index (κ2) is 8.19. The highest BCUT2D eigenvalue weighted by molar-refractivity contribution is 6.30. The lowest BCUT2D eigenvalue weighted by Crippen LogP contribution is -2.33. The standard InChI is InChI=1S/C27H23ClN4O2/c1-27(2)12-21(33)24-22(13-27)34-26(30)19(14-29)23(24)20-15-32(18-6-4-3-5-7-18)31-25(20)16-8-10-17(28)11-9-16/h3-11,15,23H,12-13,30H2,1-2H3/t23-/m0/s1. The molecule has 0 amide bonds. The molecule has 7 heteroatoms. The fourth-order valence-electron chi connectivity index (χ4n) is 4.74. The highest BCUT2D eigenvalue weighted by Gasteiger charge is 2.44. The van der Waals surface area contributed by atoms with Gasteiger partial charge in [-0.15, -0.1) is 0 Å². The molecule has 0 bridgehead atoms. The molecule has 0 radical (unpaired) electrons. The number of allylic oxidation sites excluding steroid dienone is 3. The molecule has 2 aromatic carbocycles. The fraction of sp³-hybridized carbons (Fsp3) is 0.222. The fourth-order valence-corrected chi connectivity index (χ4v) is 4.87. The van der Waals surface area contributed by atoms with Crippen LogP contribution in [0.3, 0.4) is 0 Å². The normalized spacial score (nSPS) is 19.5. The van der Waals surface area contributed by atoms with Gasteiger partial charge in [0.2, 0.25) is 5.88 Å². The third-order valence-electron chi connectivity index (χ3n) is 6.27. The number of para-hydroxylation sites is 1. The van der Waals surface area contributed by atoms with E-state index in [2.05, 4.69) is 6.07 Å². The molecule has 0 unspecified atom stereocenters. The first-order chi connectivity index (χ1) is 16.3. The summed E-state index contributed by atoms with van der Waals surface area (Å²) in [7, 11) is 0. The maximum Gasteiger partial charge on any atom is 0.205 e. The molecule has 2 heterocycles. The first kappa shape index (κ1) is 22.0. The van der Waals surface area contributed by atoms with Crippen LogP contribution in [0.5, 0.6) is 0 Å². The minimum atomic E-state index is -0.666. The van der Waals surface area contributed by atoms with Crippen LogP contribution in [0.2, 0.25) is 5.02 Å². The van der Waals surface area contributed by atoms with E-state index >= 15 is 0 Å². The Labute approximate surface area is 202 Å². The number of aromatic nitrogens is 2. The number of Topliss-reactive ketones (excluding diaryl/α,β-unsaturated/α-hetero) is 1. The van der Waals surface area contributed by atoms with Crippen molar-refractivity contribution < 1.29 is 9.53 Å². The number of rotatable bonds is 3. The summed E-state index contributed by atoms with van der Waals surface area (Å²) in [4.78, 5) is 13.4. The molecule has 3 aromatic rings. The maximum atomic E-state index is 13.4. The van der Waals surface area contributed by atoms with E-state index in [1.54, 1.807) is 16.8 Å². The van der Waals surface area contributed by atoms with E-state index in [4.69, 9.17) is 27.2 Å². The molecular weight excluding hydrogens is 448 g/mol. The Kier molecular flexibility index (Phi) is 5.30. The number of nitriles is 1. The van der Waals surface area contributed by atoms with Crippen LogP contribution >= 0.6 is 11.6 Å². The van der Waals surface area contributed by atoms with Crippen LogP contribution in [0.25, 0.3) is 16.9 Å². The Bertz CT molecular complexity index is 1390. The molecule has 1 aliphatic carbocycles. The molecule has 0 saturated heterocycles. The summed E-state index contributed by atoms with van der Waals surface area (Å²) in [6.07, 6.45) is 2.80. The lowest BCUT2D eigenvalue weighted by Gasteiger charge is -2.37. The van der Waals surface area contributed by atoms with Gasteiger partial charge in [0.15, 0.2) is 5.78 Å². The molecule has 5 rings (SSSR count). The Morgan fingerprint density at radius 1 is 1.15 bits per heavy atom. The molecule has 1 atom stereocenters. The van der Waals surface area contributed by atoms with Crippen molar-refractivity contribution in [2.75, 3.05) is 0 Å². The van der Waals surface area contributed by atoms with Gasteiger partial charge in [-0.05, 0) is 29.7 Å². The van der Waals surface area contributed by atoms with Crippen molar-refractivity contribution in [1.82, 2.24) is 9.78 Å². The van der Waals surface area contributed by atoms with Crippen LogP contribution in [0.1, 0.15) is 38.2 Å². The van der Waals surface area contributed by atoms with Gasteiger partial charge in [0.1, 0.15) is 17.4 Å². The highest BCUT2D eigenvalue weighted by atomic mass is 35.5. The number of nitrogens with two attached hydrogens (primary N) is 1. The SMILES string of the molecule is CC1(C)CC(=O)C2=C(C1)OC(N)=C(C#N)[C@H]2c1cn(-c2ccccc2)nc1-c1ccc(Cl)cc1. The average Bonchev–Trinajstić information content (AvgIpc) is 3.23. The number of hydrogen-bond acceptors (Lipinski definition) is 5. The second-order valence-corrected chi connectivity index (χ2v) is 9.86. The summed E-state index contributed by atoms with van der Waals surface area (Å²) < 4.78 is 7.61. The van der Waals surface area contributed by atoms with E-state index in [1.165, 1.54) is 0 Å². The molecule has 170 valence electrons. The van der Waals surface area contributed by atoms with Crippen molar-refractivity contribution in [2.24, 2.45) is 11.1 Å². The van der Waals surface area contributed by atoms with Crippen molar-refractivity contribution in [1.29, 1.82) is 5.26 Å². The molecule has 34 heavy (non-hydrogen) atoms. The van der Waals surface area contributed by atoms with Gasteiger partial charge in [-0.2, -0.15) is 10.4 Å². The maximum absolute atomic E-state index is 13.4. The molecule has 0 saturated carbocycles. The molecule has 2 N–H and O–H groups in total. The quantitative estimate of drug-likeness (QED) is 0.534. The smallest absolute Gasteiger partial charge is 0.205 e. The lowest BCUT2D eigenvalue weighted by atomic mass is 9.70. The average molecular weight is 471 g/mol. The predicted octanol–water partition coefficient (Wildman–Crippen LogP) is 5.64. The lowest BCUT2D eigenvalue weighted by molar-refractivity contribution is -0.119. The number of benzene rings is 2. The third kappa shape index (κ3) is 3.78. The number of ketones is 1. The van der Waals surface area contributed by atoms with E-state index in [0.29, 0.717) is 34.9 Å². The zero-order valence-corrected chi connectivity index (χ0v) is 19.6. The van der Waals surface area contributed by atoms with Crippen molar-refractivity contribution in [3.63, 3.8) is 0 Å². The van der Waals surface area contributed by atoms with Gasteiger partial charge >= 0.3 is 0 Å². The Balaban J connectivity index is 1.76. The van der Waals surface area contributed by atoms with E-state index < -0.39 is 5.92 Å². The van der Waals surface area contributed by atoms with Gasteiger partial charge < -0.3 is 10.5 Å². The number of carbonyl (C=O) groups is 1. The van der Waals surface area contributed by atoms with E-state index in [-0.39, 0.29) is 22.7 Å². The number of hydrogen-bond donors (Lipinski definition) is 1. The highest BCUT2D eigenvalue weighted by Crippen LogP contribution is 2.49. The second-order valence-electron chi connectivity index (χ2n) is 9.42. The minimum Gasteiger partial charge on any atom is -0.444 e. The first-order valence-electron chi connectivity index (χ1n) is 11.0. The number of nitrogens with zero attached hydrogens (tertiary/aromatic N) is 3. The zero-order valence-electron chi connectivity index (χ0n) is 18.9. The van der Waals surface area contributed by atoms with Gasteiger partial charge in [-0.3, -0.25) is 4.79 Å². The zero-order chi connectivity index (χ0) is 24.0. The summed E-state index contributed by atoms with van der Waals surface area (Å²) in [5.41, 5.74) is 9.74. The number of halogens is 1. The summed E-state index contributed by atoms with van der Waals surface area (Å²) in [5, 5.41) is 15.5. The molecule has 2 aliphatic rings. The van der Waals surface area contributed by atoms with Gasteiger partial charge in [0.05, 0.1) is 17.3 Å². The topological polar surface area (TPSA) is 93.9 Å². The molecule has 0 fully saturated rings. The van der Waals surface area contributed by atoms with Gasteiger partial charge in [-0.1, -0.05) is 55.8 Å². The van der Waals surface area contributed by atoms with Gasteiger partial charge in [0, 0.05) is 40.8 Å². The molecule has 1 aromatic heterocycles. The molecule has 0 spiro atoms. The molecule has 1 aliphatic heterocycles. The van der Waals surface area contributed by atoms with Crippen LogP contribution in [0.4, 0.5) is 0 Å². The first-order valence-corrected chi connectivity index (χ1v) is 11.4. The van der Waals surface area contributed by atoms with E-state index in [9.17, 15) is 10.1 Å². The number of ether oxygens (including phenoxy) is 1. The Morgan fingerprint density at radius 2 is 1.85 bits per heavy atom. The summed E-state index contributed by atoms with van der Waals surface area (Å²) in [5.74, 6) is -0.130. The van der Waals surface area contributed by atoms with E-state index in [0.717, 1.165) is 16.8 Å². The predicted molar refractivity (Wildman–Crippen MR) is 130 cm³/mol. The van der Waals surface area contributed by atoms with Crippen molar-refractivity contribution in [3.8, 4) is 23.0 Å². The van der Waals surface area contributed by atoms with Crippen LogP contribution in [-0.2, 0) is 9.53 Å². The van der Waals surface area contributed by atoms with Crippen molar-refractivity contribution in [3.05, 3.63) is 94.2 Å². The van der Waals surface area contributed by atoms with Gasteiger partial charge in [0.25, 0.3) is 0 Å². The van der Waals surface area contributed by atoms with Crippen molar-refractivity contribution >= 4 is 17.4 Å². The summed E-state index contributed by atoms with van der Waals surface area (Å²) in [6.45, 7) is 4.05. The third-order valence-corrected chi connectivity index (χ3v) is 6.52. The molecular formula is C27H23ClN4O2. The van der Waals surface area contributed by atoms with E-state index in [1.807, 2.05) is 62.5 Å². The summed E-state index contributed by atoms with van der Waals surface area (Å²) in [6, 6.07) is 19.2. The van der Waals surface area contributed by atoms with Gasteiger partial charge in [-0.25, -0.2) is 4.68 Å². The number of carbonyl (C=O) groups excluding carboxylic acids is 1. The van der Waals surface area contributed by atoms with Crippen LogP contribution < -0.4 is 5.73 Å². The van der Waals surface area contributed by atoms with Crippen LogP contribution in [0.15, 0.2) is 83.6 Å². The largest absolute Gasteiger partial charge is 0.444 e. The Morgan fingerprint density at radius 3 is 2.53 bits per heavy atom.